The number of nitrogens with two attached hydrogens (primary N) is 1. The van der Waals surface area contributed by atoms with Crippen molar-refractivity contribution in [1.82, 2.24) is 31.6 Å². The molecule has 260 valence electrons. The van der Waals surface area contributed by atoms with Gasteiger partial charge in [-0.15, -0.1) is 0 Å². The van der Waals surface area contributed by atoms with Gasteiger partial charge in [-0.3, -0.25) is 28.8 Å². The van der Waals surface area contributed by atoms with Crippen molar-refractivity contribution >= 4 is 46.2 Å². The molecule has 5 amide bonds. The number of aliphatic hydroxyl groups is 2. The number of H-pyrrole nitrogens is 1. The average molecular weight is 660 g/mol. The predicted octanol–water partition coefficient (Wildman–Crippen LogP) is -1.10. The molecule has 0 aliphatic carbocycles. The van der Waals surface area contributed by atoms with E-state index in [0.717, 1.165) is 16.5 Å². The maximum Gasteiger partial charge on any atom is 0.245 e. The number of carbonyl (C=O) groups excluding carboxylic acids is 6. The van der Waals surface area contributed by atoms with E-state index in [4.69, 9.17) is 5.73 Å². The van der Waals surface area contributed by atoms with E-state index in [1.54, 1.807) is 20.0 Å². The van der Waals surface area contributed by atoms with Crippen LogP contribution in [-0.4, -0.2) is 100.0 Å². The summed E-state index contributed by atoms with van der Waals surface area (Å²) in [6.45, 7) is 6.73. The van der Waals surface area contributed by atoms with Crippen LogP contribution in [0.2, 0.25) is 0 Å². The molecule has 2 aromatic rings. The third kappa shape index (κ3) is 11.8. The van der Waals surface area contributed by atoms with Gasteiger partial charge in [0, 0.05) is 30.4 Å². The van der Waals surface area contributed by atoms with Gasteiger partial charge >= 0.3 is 0 Å². The van der Waals surface area contributed by atoms with Gasteiger partial charge in [0.2, 0.25) is 29.5 Å². The lowest BCUT2D eigenvalue weighted by atomic mass is 10.00. The second kappa shape index (κ2) is 18.7. The number of amides is 5. The SMILES string of the molecule is CC(=O)N[C@@H](CCCCN)C(=O)N[C@@H](CO)C(=O)NC(C(=O)N[C@H](C(=O)N[C@@H](Cc1c[nH]c2ccccc12)C(C)=O)[C@@H](C)O)C(C)C. The van der Waals surface area contributed by atoms with Gasteiger partial charge in [0.1, 0.15) is 24.2 Å². The summed E-state index contributed by atoms with van der Waals surface area (Å²) in [5.74, 6) is -4.51. The number of rotatable bonds is 19. The number of carbonyl (C=O) groups is 6. The molecular weight excluding hydrogens is 610 g/mol. The van der Waals surface area contributed by atoms with E-state index >= 15 is 0 Å². The summed E-state index contributed by atoms with van der Waals surface area (Å²) >= 11 is 0. The first-order valence-corrected chi connectivity index (χ1v) is 15.7. The minimum atomic E-state index is -1.48. The van der Waals surface area contributed by atoms with Crippen LogP contribution in [0.3, 0.4) is 0 Å². The van der Waals surface area contributed by atoms with Crippen molar-refractivity contribution < 1.29 is 39.0 Å². The summed E-state index contributed by atoms with van der Waals surface area (Å²) in [7, 11) is 0. The molecule has 0 saturated carbocycles. The Bertz CT molecular complexity index is 1390. The number of para-hydroxylation sites is 1. The van der Waals surface area contributed by atoms with E-state index in [9.17, 15) is 39.0 Å². The number of ketones is 1. The molecule has 47 heavy (non-hydrogen) atoms. The maximum atomic E-state index is 13.4. The van der Waals surface area contributed by atoms with Gasteiger partial charge in [0.25, 0.3) is 0 Å². The maximum absolute atomic E-state index is 13.4. The summed E-state index contributed by atoms with van der Waals surface area (Å²) in [6, 6.07) is 1.39. The predicted molar refractivity (Wildman–Crippen MR) is 175 cm³/mol. The standard InChI is InChI=1S/C32H49N7O8/c1-17(2)27(38-30(45)26(16-40)37-29(44)24(35-20(5)43)12-8-9-13-33)31(46)39-28(19(4)42)32(47)36-25(18(3)41)14-21-15-34-23-11-7-6-10-22(21)23/h6-7,10-11,15,17,19,24-28,34,40,42H,8-9,12-14,16,33H2,1-5H3,(H,35,43)(H,36,47)(H,37,44)(H,38,45)(H,39,46)/t19-,24+,25+,26+,27?,28+/m1/s1. The van der Waals surface area contributed by atoms with Crippen LogP contribution < -0.4 is 32.3 Å². The number of fused-ring (bicyclic) bond motifs is 1. The van der Waals surface area contributed by atoms with E-state index in [-0.39, 0.29) is 18.6 Å². The zero-order valence-electron chi connectivity index (χ0n) is 27.6. The largest absolute Gasteiger partial charge is 0.394 e. The number of aromatic amines is 1. The fourth-order valence-corrected chi connectivity index (χ4v) is 4.99. The van der Waals surface area contributed by atoms with Gasteiger partial charge in [-0.1, -0.05) is 32.0 Å². The number of unbranched alkanes of at least 4 members (excludes halogenated alkanes) is 1. The van der Waals surface area contributed by atoms with Crippen LogP contribution in [0.5, 0.6) is 0 Å². The van der Waals surface area contributed by atoms with Crippen molar-refractivity contribution in [3.8, 4) is 0 Å². The number of hydrogen-bond acceptors (Lipinski definition) is 9. The van der Waals surface area contributed by atoms with E-state index < -0.39 is 78.4 Å². The lowest BCUT2D eigenvalue weighted by molar-refractivity contribution is -0.137. The van der Waals surface area contributed by atoms with Crippen LogP contribution in [0.4, 0.5) is 0 Å². The van der Waals surface area contributed by atoms with Crippen molar-refractivity contribution in [2.45, 2.75) is 96.6 Å². The quantitative estimate of drug-likeness (QED) is 0.0830. The molecular formula is C32H49N7O8. The van der Waals surface area contributed by atoms with Crippen LogP contribution in [0, 0.1) is 5.92 Å². The Morgan fingerprint density at radius 1 is 0.787 bits per heavy atom. The number of aromatic nitrogens is 1. The summed E-state index contributed by atoms with van der Waals surface area (Å²) in [5, 5.41) is 33.7. The summed E-state index contributed by atoms with van der Waals surface area (Å²) in [6.07, 6.45) is 1.95. The third-order valence-electron chi connectivity index (χ3n) is 7.67. The Morgan fingerprint density at radius 3 is 1.96 bits per heavy atom. The molecule has 0 aliphatic heterocycles. The molecule has 0 saturated heterocycles. The summed E-state index contributed by atoms with van der Waals surface area (Å²) in [5.41, 5.74) is 7.17. The number of benzene rings is 1. The topological polar surface area (TPSA) is 245 Å². The molecule has 2 rings (SSSR count). The monoisotopic (exact) mass is 659 g/mol. The molecule has 10 N–H and O–H groups in total. The van der Waals surface area contributed by atoms with Crippen molar-refractivity contribution in [3.05, 3.63) is 36.0 Å². The van der Waals surface area contributed by atoms with Gasteiger partial charge in [-0.2, -0.15) is 0 Å². The zero-order valence-corrected chi connectivity index (χ0v) is 27.6. The number of hydrogen-bond donors (Lipinski definition) is 9. The van der Waals surface area contributed by atoms with E-state index in [1.807, 2.05) is 24.3 Å². The molecule has 6 atom stereocenters. The Hall–Kier alpha value is -4.34. The lowest BCUT2D eigenvalue weighted by Gasteiger charge is -2.29. The first kappa shape index (κ1) is 38.8. The average Bonchev–Trinajstić information content (AvgIpc) is 3.42. The Kier molecular flexibility index (Phi) is 15.5. The van der Waals surface area contributed by atoms with Crippen molar-refractivity contribution in [2.24, 2.45) is 11.7 Å². The first-order chi connectivity index (χ1) is 22.2. The minimum Gasteiger partial charge on any atom is -0.394 e. The minimum absolute atomic E-state index is 0.167. The summed E-state index contributed by atoms with van der Waals surface area (Å²) in [4.78, 5) is 79.9. The van der Waals surface area contributed by atoms with Gasteiger partial charge in [0.15, 0.2) is 5.78 Å². The molecule has 1 aromatic heterocycles. The lowest BCUT2D eigenvalue weighted by Crippen LogP contribution is -2.62. The van der Waals surface area contributed by atoms with E-state index in [1.165, 1.54) is 20.8 Å². The highest BCUT2D eigenvalue weighted by Gasteiger charge is 2.34. The van der Waals surface area contributed by atoms with Crippen LogP contribution in [-0.2, 0) is 35.2 Å². The molecule has 0 aliphatic rings. The zero-order chi connectivity index (χ0) is 35.3. The third-order valence-corrected chi connectivity index (χ3v) is 7.67. The Labute approximate surface area is 274 Å². The Balaban J connectivity index is 2.13. The second-order valence-electron chi connectivity index (χ2n) is 12.0. The molecule has 15 heteroatoms. The van der Waals surface area contributed by atoms with Gasteiger partial charge in [-0.05, 0) is 57.2 Å². The number of nitrogens with one attached hydrogen (secondary N) is 6. The smallest absolute Gasteiger partial charge is 0.245 e. The molecule has 1 aromatic carbocycles. The second-order valence-corrected chi connectivity index (χ2v) is 12.0. The summed E-state index contributed by atoms with van der Waals surface area (Å²) < 4.78 is 0. The molecule has 0 spiro atoms. The van der Waals surface area contributed by atoms with E-state index in [2.05, 4.69) is 31.6 Å². The van der Waals surface area contributed by atoms with Crippen LogP contribution in [0.1, 0.15) is 59.4 Å². The van der Waals surface area contributed by atoms with E-state index in [0.29, 0.717) is 19.4 Å². The van der Waals surface area contributed by atoms with Crippen molar-refractivity contribution in [1.29, 1.82) is 0 Å². The van der Waals surface area contributed by atoms with Crippen LogP contribution >= 0.6 is 0 Å². The molecule has 0 radical (unpaired) electrons. The highest BCUT2D eigenvalue weighted by molar-refractivity contribution is 5.97. The molecule has 1 unspecified atom stereocenters. The first-order valence-electron chi connectivity index (χ1n) is 15.7. The fourth-order valence-electron chi connectivity index (χ4n) is 4.99. The molecule has 1 heterocycles. The van der Waals surface area contributed by atoms with Crippen molar-refractivity contribution in [2.75, 3.05) is 13.2 Å². The van der Waals surface area contributed by atoms with Gasteiger partial charge in [-0.25, -0.2) is 0 Å². The van der Waals surface area contributed by atoms with Crippen LogP contribution in [0.25, 0.3) is 10.9 Å². The highest BCUT2D eigenvalue weighted by atomic mass is 16.3. The Morgan fingerprint density at radius 2 is 1.38 bits per heavy atom. The number of Topliss-reactive ketones (excluding diaryl/α,β-unsaturated/α-hetero) is 1. The fraction of sp³-hybridized carbons (Fsp3) is 0.562. The van der Waals surface area contributed by atoms with Gasteiger partial charge < -0.3 is 47.5 Å². The normalized spacial score (nSPS) is 15.1. The number of aliphatic hydroxyl groups excluding tert-OH is 2. The van der Waals surface area contributed by atoms with Crippen molar-refractivity contribution in [3.63, 3.8) is 0 Å². The molecule has 0 bridgehead atoms. The highest BCUT2D eigenvalue weighted by Crippen LogP contribution is 2.19. The molecule has 15 nitrogen and oxygen atoms in total. The van der Waals surface area contributed by atoms with Crippen LogP contribution in [0.15, 0.2) is 30.5 Å². The molecule has 0 fully saturated rings. The van der Waals surface area contributed by atoms with Gasteiger partial charge in [0.05, 0.1) is 18.8 Å².